The minimum atomic E-state index is -0.427. The molecule has 2 N–H and O–H groups in total. The van der Waals surface area contributed by atoms with Crippen LogP contribution in [0.25, 0.3) is 10.8 Å². The van der Waals surface area contributed by atoms with Crippen LogP contribution < -0.4 is 15.5 Å². The van der Waals surface area contributed by atoms with Gasteiger partial charge in [0, 0.05) is 11.3 Å². The number of fused-ring (bicyclic) bond motifs is 1. The largest absolute Gasteiger partial charge is 0.422 e. The Morgan fingerprint density at radius 2 is 1.62 bits per heavy atom. The van der Waals surface area contributed by atoms with Crippen LogP contribution in [0.15, 0.2) is 96.1 Å². The van der Waals surface area contributed by atoms with Crippen LogP contribution in [0.5, 0.6) is 5.75 Å². The molecule has 0 radical (unpaired) electrons. The molecule has 0 atom stereocenters. The van der Waals surface area contributed by atoms with Crippen LogP contribution in [-0.4, -0.2) is 17.3 Å². The average molecular weight is 440 g/mol. The molecule has 0 saturated carbocycles. The minimum absolute atomic E-state index is 0.353. The van der Waals surface area contributed by atoms with E-state index in [1.165, 1.54) is 0 Å². The summed E-state index contributed by atoms with van der Waals surface area (Å²) in [5, 5.41) is 9.60. The molecule has 0 amide bonds. The number of benzene rings is 4. The summed E-state index contributed by atoms with van der Waals surface area (Å²) in [4.78, 5) is 12.7. The van der Waals surface area contributed by atoms with E-state index in [4.69, 9.17) is 17.0 Å². The Labute approximate surface area is 191 Å². The number of carbonyl (C=O) groups is 1. The summed E-state index contributed by atoms with van der Waals surface area (Å²) in [7, 11) is 0. The van der Waals surface area contributed by atoms with E-state index in [1.807, 2.05) is 79.7 Å². The summed E-state index contributed by atoms with van der Waals surface area (Å²) in [6.07, 6.45) is 1.61. The Kier molecular flexibility index (Phi) is 6.53. The van der Waals surface area contributed by atoms with Crippen molar-refractivity contribution < 1.29 is 9.53 Å². The summed E-state index contributed by atoms with van der Waals surface area (Å²) >= 11 is 5.30. The molecule has 5 nitrogen and oxygen atoms in total. The molecule has 0 aliphatic heterocycles. The first kappa shape index (κ1) is 21.2. The fraction of sp³-hybridized carbons (Fsp3) is 0.0385. The van der Waals surface area contributed by atoms with E-state index in [2.05, 4.69) is 15.8 Å². The number of hydrogen-bond donors (Lipinski definition) is 2. The fourth-order valence-electron chi connectivity index (χ4n) is 3.18. The lowest BCUT2D eigenvalue weighted by Gasteiger charge is -2.11. The second-order valence-electron chi connectivity index (χ2n) is 7.14. The molecular weight excluding hydrogens is 418 g/mol. The van der Waals surface area contributed by atoms with Crippen molar-refractivity contribution in [3.8, 4) is 5.75 Å². The number of aryl methyl sites for hydroxylation is 1. The number of nitrogens with one attached hydrogen (secondary N) is 2. The maximum absolute atomic E-state index is 12.7. The molecule has 0 unspecified atom stereocenters. The number of esters is 1. The minimum Gasteiger partial charge on any atom is -0.422 e. The molecular formula is C26H21N3O2S. The van der Waals surface area contributed by atoms with E-state index >= 15 is 0 Å². The molecule has 0 spiro atoms. The number of hydrazone groups is 1. The maximum atomic E-state index is 12.7. The highest BCUT2D eigenvalue weighted by Crippen LogP contribution is 2.27. The Balaban J connectivity index is 1.57. The first-order valence-corrected chi connectivity index (χ1v) is 10.5. The van der Waals surface area contributed by atoms with E-state index in [1.54, 1.807) is 24.4 Å². The van der Waals surface area contributed by atoms with Crippen LogP contribution in [0.2, 0.25) is 0 Å². The predicted molar refractivity (Wildman–Crippen MR) is 133 cm³/mol. The summed E-state index contributed by atoms with van der Waals surface area (Å²) in [6, 6.07) is 28.4. The van der Waals surface area contributed by atoms with Gasteiger partial charge in [-0.3, -0.25) is 5.43 Å². The molecule has 0 aromatic heterocycles. The second kappa shape index (κ2) is 9.85. The van der Waals surface area contributed by atoms with Crippen LogP contribution in [-0.2, 0) is 0 Å². The van der Waals surface area contributed by atoms with Crippen molar-refractivity contribution in [2.45, 2.75) is 6.92 Å². The smallest absolute Gasteiger partial charge is 0.343 e. The number of hydrogen-bond acceptors (Lipinski definition) is 4. The van der Waals surface area contributed by atoms with Gasteiger partial charge in [0.15, 0.2) is 5.11 Å². The number of nitrogens with zero attached hydrogens (tertiary/aromatic N) is 1. The molecule has 4 aromatic rings. The number of carbonyl (C=O) groups excluding carboxylic acids is 1. The van der Waals surface area contributed by atoms with Gasteiger partial charge in [-0.15, -0.1) is 0 Å². The lowest BCUT2D eigenvalue weighted by Crippen LogP contribution is -2.23. The quantitative estimate of drug-likeness (QED) is 0.138. The molecule has 32 heavy (non-hydrogen) atoms. The topological polar surface area (TPSA) is 62.7 Å². The van der Waals surface area contributed by atoms with Crippen molar-refractivity contribution in [1.82, 2.24) is 5.43 Å². The lowest BCUT2D eigenvalue weighted by atomic mass is 10.0. The average Bonchev–Trinajstić information content (AvgIpc) is 2.81. The molecule has 0 heterocycles. The van der Waals surface area contributed by atoms with Crippen molar-refractivity contribution in [2.24, 2.45) is 5.10 Å². The van der Waals surface area contributed by atoms with Crippen LogP contribution in [0, 0.1) is 6.92 Å². The van der Waals surface area contributed by atoms with E-state index < -0.39 is 5.97 Å². The summed E-state index contributed by atoms with van der Waals surface area (Å²) < 4.78 is 5.73. The monoisotopic (exact) mass is 439 g/mol. The van der Waals surface area contributed by atoms with Crippen molar-refractivity contribution in [1.29, 1.82) is 0 Å². The standard InChI is InChI=1S/C26H21N3O2S/c1-18-11-13-20(14-12-18)25(30)31-24-16-15-19-7-5-6-10-22(19)23(24)17-27-29-26(32)28-21-8-3-2-4-9-21/h2-17H,1H3,(H2,28,29,32)/b27-17+. The normalized spacial score (nSPS) is 10.8. The van der Waals surface area contributed by atoms with Gasteiger partial charge >= 0.3 is 5.97 Å². The molecule has 0 bridgehead atoms. The summed E-state index contributed by atoms with van der Waals surface area (Å²) in [5.41, 5.74) is 5.91. The zero-order valence-corrected chi connectivity index (χ0v) is 18.2. The highest BCUT2D eigenvalue weighted by atomic mass is 32.1. The third-order valence-electron chi connectivity index (χ3n) is 4.81. The number of para-hydroxylation sites is 1. The van der Waals surface area contributed by atoms with Gasteiger partial charge < -0.3 is 10.1 Å². The Morgan fingerprint density at radius 3 is 2.41 bits per heavy atom. The van der Waals surface area contributed by atoms with Crippen molar-refractivity contribution in [2.75, 3.05) is 5.32 Å². The van der Waals surface area contributed by atoms with Gasteiger partial charge in [0.2, 0.25) is 0 Å². The van der Waals surface area contributed by atoms with Crippen LogP contribution in [0.1, 0.15) is 21.5 Å². The molecule has 0 fully saturated rings. The molecule has 6 heteroatoms. The Bertz CT molecular complexity index is 1290. The molecule has 4 rings (SSSR count). The highest BCUT2D eigenvalue weighted by Gasteiger charge is 2.13. The molecule has 0 saturated heterocycles. The van der Waals surface area contributed by atoms with Gasteiger partial charge in [0.05, 0.1) is 11.8 Å². The van der Waals surface area contributed by atoms with E-state index in [-0.39, 0.29) is 0 Å². The van der Waals surface area contributed by atoms with Crippen molar-refractivity contribution in [3.05, 3.63) is 108 Å². The fourth-order valence-corrected chi connectivity index (χ4v) is 3.35. The lowest BCUT2D eigenvalue weighted by molar-refractivity contribution is 0.0734. The van der Waals surface area contributed by atoms with Crippen molar-refractivity contribution in [3.63, 3.8) is 0 Å². The summed E-state index contributed by atoms with van der Waals surface area (Å²) in [5.74, 6) is -0.00841. The molecule has 4 aromatic carbocycles. The van der Waals surface area contributed by atoms with Crippen molar-refractivity contribution >= 4 is 46.0 Å². The number of rotatable bonds is 5. The highest BCUT2D eigenvalue weighted by molar-refractivity contribution is 7.80. The van der Waals surface area contributed by atoms with Gasteiger partial charge in [-0.1, -0.05) is 66.2 Å². The number of thiocarbonyl (C=S) groups is 1. The molecule has 0 aliphatic carbocycles. The first-order valence-electron chi connectivity index (χ1n) is 10.1. The van der Waals surface area contributed by atoms with Gasteiger partial charge in [0.25, 0.3) is 0 Å². The molecule has 158 valence electrons. The zero-order chi connectivity index (χ0) is 22.3. The predicted octanol–water partition coefficient (Wildman–Crippen LogP) is 5.69. The van der Waals surface area contributed by atoms with Crippen LogP contribution in [0.4, 0.5) is 5.69 Å². The second-order valence-corrected chi connectivity index (χ2v) is 7.55. The zero-order valence-electron chi connectivity index (χ0n) is 17.4. The summed E-state index contributed by atoms with van der Waals surface area (Å²) in [6.45, 7) is 1.97. The van der Waals surface area contributed by atoms with Gasteiger partial charge in [-0.2, -0.15) is 5.10 Å². The number of ether oxygens (including phenoxy) is 1. The van der Waals surface area contributed by atoms with E-state index in [0.717, 1.165) is 22.0 Å². The Hall–Kier alpha value is -4.03. The number of anilines is 1. The van der Waals surface area contributed by atoms with E-state index in [0.29, 0.717) is 22.0 Å². The van der Waals surface area contributed by atoms with E-state index in [9.17, 15) is 4.79 Å². The maximum Gasteiger partial charge on any atom is 0.343 e. The first-order chi connectivity index (χ1) is 15.6. The Morgan fingerprint density at radius 1 is 0.906 bits per heavy atom. The van der Waals surface area contributed by atoms with Gasteiger partial charge in [-0.05, 0) is 60.2 Å². The van der Waals surface area contributed by atoms with Crippen LogP contribution >= 0.6 is 12.2 Å². The van der Waals surface area contributed by atoms with Gasteiger partial charge in [-0.25, -0.2) is 4.79 Å². The van der Waals surface area contributed by atoms with Crippen LogP contribution in [0.3, 0.4) is 0 Å². The van der Waals surface area contributed by atoms with Gasteiger partial charge in [0.1, 0.15) is 5.75 Å². The third kappa shape index (κ3) is 5.17. The third-order valence-corrected chi connectivity index (χ3v) is 5.01. The SMILES string of the molecule is Cc1ccc(C(=O)Oc2ccc3ccccc3c2/C=N/NC(=S)Nc2ccccc2)cc1. The molecule has 0 aliphatic rings.